The van der Waals surface area contributed by atoms with Crippen LogP contribution in [0.15, 0.2) is 24.3 Å². The highest BCUT2D eigenvalue weighted by Gasteiger charge is 2.38. The molecule has 2 heterocycles. The minimum absolute atomic E-state index is 0.0784. The number of Topliss-reactive ketones (excluding diaryl/α,β-unsaturated/α-hetero) is 1. The average molecular weight is 457 g/mol. The van der Waals surface area contributed by atoms with E-state index < -0.39 is 12.1 Å². The summed E-state index contributed by atoms with van der Waals surface area (Å²) in [6.45, 7) is 6.43. The number of likely N-dealkylation sites (N-methyl/N-ethyl adjacent to an activating group) is 1. The maximum atomic E-state index is 12.5. The van der Waals surface area contributed by atoms with Crippen LogP contribution in [-0.4, -0.2) is 85.1 Å². The predicted octanol–water partition coefficient (Wildman–Crippen LogP) is 3.05. The molecule has 1 aromatic carbocycles. The summed E-state index contributed by atoms with van der Waals surface area (Å²) in [5, 5.41) is 7.12. The van der Waals surface area contributed by atoms with Gasteiger partial charge >= 0.3 is 12.1 Å². The van der Waals surface area contributed by atoms with Crippen molar-refractivity contribution in [1.29, 1.82) is 0 Å². The van der Waals surface area contributed by atoms with Crippen LogP contribution in [0.2, 0.25) is 0 Å². The second-order valence-corrected chi connectivity index (χ2v) is 7.99. The third-order valence-electron chi connectivity index (χ3n) is 5.52. The van der Waals surface area contributed by atoms with Gasteiger partial charge in [0.2, 0.25) is 5.91 Å². The van der Waals surface area contributed by atoms with Crippen molar-refractivity contribution in [2.45, 2.75) is 38.3 Å². The Morgan fingerprint density at radius 3 is 2.34 bits per heavy atom. The Morgan fingerprint density at radius 2 is 1.66 bits per heavy atom. The maximum Gasteiger partial charge on any atom is 0.490 e. The van der Waals surface area contributed by atoms with Gasteiger partial charge in [0.05, 0.1) is 5.69 Å². The summed E-state index contributed by atoms with van der Waals surface area (Å²) >= 11 is 0. The standard InChI is InChI=1S/C20H29N3O2.C2HF3O2/c1-21-11-6-13-22(16-15-21)12-4-5-14-23-18-8-3-2-7-17(18)19(24)9-10-20(23)25;3-2(4,5)1(6)7/h2-3,7-8H,4-6,9-16H2,1H3;(H,6,7). The molecule has 2 aliphatic heterocycles. The number of alkyl halides is 3. The Balaban J connectivity index is 0.000000451. The van der Waals surface area contributed by atoms with E-state index in [0.29, 0.717) is 24.9 Å². The van der Waals surface area contributed by atoms with E-state index in [1.165, 1.54) is 19.5 Å². The van der Waals surface area contributed by atoms with E-state index >= 15 is 0 Å². The maximum absolute atomic E-state index is 12.5. The number of anilines is 1. The molecule has 2 aliphatic rings. The van der Waals surface area contributed by atoms with Crippen LogP contribution in [0.5, 0.6) is 0 Å². The summed E-state index contributed by atoms with van der Waals surface area (Å²) in [7, 11) is 2.19. The number of halogens is 3. The van der Waals surface area contributed by atoms with Crippen LogP contribution in [0.25, 0.3) is 0 Å². The highest BCUT2D eigenvalue weighted by Crippen LogP contribution is 2.27. The number of carbonyl (C=O) groups excluding carboxylic acids is 2. The Kier molecular flexibility index (Phi) is 9.64. The van der Waals surface area contributed by atoms with Crippen molar-refractivity contribution in [1.82, 2.24) is 9.80 Å². The molecule has 1 N–H and O–H groups in total. The highest BCUT2D eigenvalue weighted by molar-refractivity contribution is 6.10. The van der Waals surface area contributed by atoms with Crippen molar-refractivity contribution >= 4 is 23.3 Å². The van der Waals surface area contributed by atoms with Crippen LogP contribution < -0.4 is 4.90 Å². The Labute approximate surface area is 185 Å². The Bertz CT molecular complexity index is 801. The first-order valence-electron chi connectivity index (χ1n) is 10.7. The van der Waals surface area contributed by atoms with Crippen molar-refractivity contribution < 1.29 is 32.7 Å². The van der Waals surface area contributed by atoms with E-state index in [1.807, 2.05) is 29.2 Å². The molecule has 7 nitrogen and oxygen atoms in total. The SMILES string of the molecule is CN1CCCN(CCCCN2C(=O)CCC(=O)c3ccccc32)CC1.O=C(O)C(F)(F)F. The first kappa shape index (κ1) is 25.8. The van der Waals surface area contributed by atoms with E-state index in [2.05, 4.69) is 16.8 Å². The molecule has 1 amide bonds. The summed E-state index contributed by atoms with van der Waals surface area (Å²) in [5.74, 6) is -2.60. The minimum atomic E-state index is -5.08. The third-order valence-corrected chi connectivity index (χ3v) is 5.52. The molecule has 10 heteroatoms. The third kappa shape index (κ3) is 7.90. The van der Waals surface area contributed by atoms with Crippen molar-refractivity contribution in [3.05, 3.63) is 29.8 Å². The van der Waals surface area contributed by atoms with E-state index in [4.69, 9.17) is 9.90 Å². The number of aliphatic carboxylic acids is 1. The quantitative estimate of drug-likeness (QED) is 0.685. The second-order valence-electron chi connectivity index (χ2n) is 7.99. The van der Waals surface area contributed by atoms with Crippen LogP contribution in [0, 0.1) is 0 Å². The molecule has 1 aromatic rings. The normalized spacial score (nSPS) is 18.3. The first-order valence-corrected chi connectivity index (χ1v) is 10.7. The number of benzene rings is 1. The first-order chi connectivity index (χ1) is 15.1. The molecular weight excluding hydrogens is 427 g/mol. The fourth-order valence-electron chi connectivity index (χ4n) is 3.74. The summed E-state index contributed by atoms with van der Waals surface area (Å²) in [5.41, 5.74) is 1.50. The molecule has 0 unspecified atom stereocenters. The molecule has 1 fully saturated rings. The van der Waals surface area contributed by atoms with Crippen LogP contribution in [0.3, 0.4) is 0 Å². The lowest BCUT2D eigenvalue weighted by molar-refractivity contribution is -0.192. The molecule has 0 aromatic heterocycles. The van der Waals surface area contributed by atoms with E-state index in [0.717, 1.165) is 38.2 Å². The number of nitrogens with zero attached hydrogens (tertiary/aromatic N) is 3. The topological polar surface area (TPSA) is 81.2 Å². The lowest BCUT2D eigenvalue weighted by Crippen LogP contribution is -2.33. The molecule has 1 saturated heterocycles. The van der Waals surface area contributed by atoms with Crippen molar-refractivity contribution in [2.75, 3.05) is 51.2 Å². The average Bonchev–Trinajstić information content (AvgIpc) is 3.01. The number of unbranched alkanes of at least 4 members (excludes halogenated alkanes) is 1. The molecule has 0 bridgehead atoms. The minimum Gasteiger partial charge on any atom is -0.475 e. The number of hydrogen-bond donors (Lipinski definition) is 1. The van der Waals surface area contributed by atoms with Crippen LogP contribution >= 0.6 is 0 Å². The van der Waals surface area contributed by atoms with Gasteiger partial charge in [-0.15, -0.1) is 0 Å². The van der Waals surface area contributed by atoms with Crippen molar-refractivity contribution in [3.8, 4) is 0 Å². The zero-order chi connectivity index (χ0) is 23.7. The van der Waals surface area contributed by atoms with Gasteiger partial charge in [-0.05, 0) is 58.1 Å². The fraction of sp³-hybridized carbons (Fsp3) is 0.591. The molecule has 0 aliphatic carbocycles. The molecule has 0 spiro atoms. The van der Waals surface area contributed by atoms with E-state index in [1.54, 1.807) is 0 Å². The number of amides is 1. The van der Waals surface area contributed by atoms with E-state index in [9.17, 15) is 22.8 Å². The molecule has 3 rings (SSSR count). The van der Waals surface area contributed by atoms with Gasteiger partial charge in [-0.1, -0.05) is 12.1 Å². The van der Waals surface area contributed by atoms with Gasteiger partial charge < -0.3 is 19.8 Å². The summed E-state index contributed by atoms with van der Waals surface area (Å²) in [4.78, 5) is 40.3. The number of carboxylic acids is 1. The second kappa shape index (κ2) is 12.0. The highest BCUT2D eigenvalue weighted by atomic mass is 19.4. The predicted molar refractivity (Wildman–Crippen MR) is 114 cm³/mol. The lowest BCUT2D eigenvalue weighted by Gasteiger charge is -2.24. The molecular formula is C22H30F3N3O4. The van der Waals surface area contributed by atoms with Crippen molar-refractivity contribution in [3.63, 3.8) is 0 Å². The molecule has 0 atom stereocenters. The molecule has 0 saturated carbocycles. The zero-order valence-electron chi connectivity index (χ0n) is 18.2. The largest absolute Gasteiger partial charge is 0.490 e. The van der Waals surface area contributed by atoms with Gasteiger partial charge in [-0.2, -0.15) is 13.2 Å². The van der Waals surface area contributed by atoms with Gasteiger partial charge in [0.1, 0.15) is 0 Å². The van der Waals surface area contributed by atoms with Gasteiger partial charge in [0.25, 0.3) is 0 Å². The zero-order valence-corrected chi connectivity index (χ0v) is 18.2. The van der Waals surface area contributed by atoms with Crippen LogP contribution in [0.4, 0.5) is 18.9 Å². The number of rotatable bonds is 5. The van der Waals surface area contributed by atoms with E-state index in [-0.39, 0.29) is 11.7 Å². The van der Waals surface area contributed by atoms with Gasteiger partial charge in [0, 0.05) is 38.0 Å². The Morgan fingerprint density at radius 1 is 1.00 bits per heavy atom. The summed E-state index contributed by atoms with van der Waals surface area (Å²) in [6, 6.07) is 7.53. The smallest absolute Gasteiger partial charge is 0.475 e. The van der Waals surface area contributed by atoms with Gasteiger partial charge in [-0.3, -0.25) is 9.59 Å². The fourth-order valence-corrected chi connectivity index (χ4v) is 3.74. The van der Waals surface area contributed by atoms with Crippen LogP contribution in [0.1, 0.15) is 42.5 Å². The molecule has 32 heavy (non-hydrogen) atoms. The van der Waals surface area contributed by atoms with Crippen molar-refractivity contribution in [2.24, 2.45) is 0 Å². The number of hydrogen-bond acceptors (Lipinski definition) is 5. The summed E-state index contributed by atoms with van der Waals surface area (Å²) in [6.07, 6.45) is -1.14. The molecule has 178 valence electrons. The van der Waals surface area contributed by atoms with Gasteiger partial charge in [0.15, 0.2) is 5.78 Å². The van der Waals surface area contributed by atoms with Gasteiger partial charge in [-0.25, -0.2) is 4.79 Å². The Hall–Kier alpha value is -2.46. The number of fused-ring (bicyclic) bond motifs is 1. The molecule has 0 radical (unpaired) electrons. The number of carboxylic acid groups (broad SMARTS) is 1. The monoisotopic (exact) mass is 457 g/mol. The number of carbonyl (C=O) groups is 3. The summed E-state index contributed by atoms with van der Waals surface area (Å²) < 4.78 is 31.7. The van der Waals surface area contributed by atoms with Crippen LogP contribution in [-0.2, 0) is 9.59 Å². The number of ketones is 1. The number of para-hydroxylation sites is 1. The lowest BCUT2D eigenvalue weighted by atomic mass is 10.1.